The number of aromatic amines is 1. The second-order valence-electron chi connectivity index (χ2n) is 7.32. The van der Waals surface area contributed by atoms with E-state index in [1.807, 2.05) is 50.3 Å². The Morgan fingerprint density at radius 1 is 1.14 bits per heavy atom. The standard InChI is InChI=1S/C20H26N6O2/c1-12-11-21-18(22-12)14-8-7-13(9-15(14)28-6)23-19-24-16(20(2,3)27)10-17(25-19)26(4)5/h7-11,27H,1-6H3,(H,21,22)(H,23,24,25). The van der Waals surface area contributed by atoms with Gasteiger partial charge in [-0.1, -0.05) is 0 Å². The molecule has 0 fully saturated rings. The first-order valence-electron chi connectivity index (χ1n) is 8.94. The first kappa shape index (κ1) is 19.6. The van der Waals surface area contributed by atoms with E-state index in [1.165, 1.54) is 0 Å². The summed E-state index contributed by atoms with van der Waals surface area (Å²) in [5, 5.41) is 13.6. The summed E-state index contributed by atoms with van der Waals surface area (Å²) >= 11 is 0. The smallest absolute Gasteiger partial charge is 0.229 e. The second-order valence-corrected chi connectivity index (χ2v) is 7.32. The lowest BCUT2D eigenvalue weighted by molar-refractivity contribution is 0.0739. The number of benzene rings is 1. The molecule has 2 aromatic heterocycles. The average Bonchev–Trinajstić information content (AvgIpc) is 3.06. The Morgan fingerprint density at radius 2 is 1.89 bits per heavy atom. The molecule has 3 rings (SSSR count). The third kappa shape index (κ3) is 4.23. The van der Waals surface area contributed by atoms with Gasteiger partial charge in [-0.15, -0.1) is 0 Å². The van der Waals surface area contributed by atoms with E-state index >= 15 is 0 Å². The normalized spacial score (nSPS) is 11.4. The van der Waals surface area contributed by atoms with Gasteiger partial charge >= 0.3 is 0 Å². The van der Waals surface area contributed by atoms with Crippen molar-refractivity contribution in [2.75, 3.05) is 31.4 Å². The summed E-state index contributed by atoms with van der Waals surface area (Å²) in [7, 11) is 5.40. The van der Waals surface area contributed by atoms with Crippen LogP contribution in [0.3, 0.4) is 0 Å². The van der Waals surface area contributed by atoms with Crippen molar-refractivity contribution < 1.29 is 9.84 Å². The highest BCUT2D eigenvalue weighted by Crippen LogP contribution is 2.32. The number of aromatic nitrogens is 4. The van der Waals surface area contributed by atoms with Gasteiger partial charge in [0, 0.05) is 38.1 Å². The molecule has 1 aromatic carbocycles. The van der Waals surface area contributed by atoms with Gasteiger partial charge in [0.25, 0.3) is 0 Å². The Bertz CT molecular complexity index is 975. The number of ether oxygens (including phenoxy) is 1. The summed E-state index contributed by atoms with van der Waals surface area (Å²) in [4.78, 5) is 18.4. The van der Waals surface area contributed by atoms with Gasteiger partial charge in [0.1, 0.15) is 23.0 Å². The minimum absolute atomic E-state index is 0.395. The number of rotatable bonds is 6. The van der Waals surface area contributed by atoms with Gasteiger partial charge in [-0.3, -0.25) is 0 Å². The van der Waals surface area contributed by atoms with E-state index in [0.29, 0.717) is 23.2 Å². The molecule has 28 heavy (non-hydrogen) atoms. The Morgan fingerprint density at radius 3 is 2.46 bits per heavy atom. The molecule has 0 amide bonds. The van der Waals surface area contributed by atoms with Gasteiger partial charge in [-0.05, 0) is 32.9 Å². The van der Waals surface area contributed by atoms with Crippen molar-refractivity contribution in [3.8, 4) is 17.1 Å². The van der Waals surface area contributed by atoms with Crippen LogP contribution in [0.1, 0.15) is 25.2 Å². The molecule has 0 unspecified atom stereocenters. The zero-order valence-corrected chi connectivity index (χ0v) is 17.0. The Kier molecular flexibility index (Phi) is 5.24. The van der Waals surface area contributed by atoms with Crippen molar-refractivity contribution in [1.29, 1.82) is 0 Å². The van der Waals surface area contributed by atoms with E-state index in [2.05, 4.69) is 25.3 Å². The molecule has 0 aliphatic heterocycles. The van der Waals surface area contributed by atoms with Crippen LogP contribution >= 0.6 is 0 Å². The number of hydrogen-bond acceptors (Lipinski definition) is 7. The predicted octanol–water partition coefficient (Wildman–Crippen LogP) is 3.22. The Labute approximate surface area is 164 Å². The maximum Gasteiger partial charge on any atom is 0.229 e. The van der Waals surface area contributed by atoms with Crippen molar-refractivity contribution in [2.45, 2.75) is 26.4 Å². The van der Waals surface area contributed by atoms with Crippen molar-refractivity contribution in [2.24, 2.45) is 0 Å². The van der Waals surface area contributed by atoms with Gasteiger partial charge in [-0.25, -0.2) is 9.97 Å². The van der Waals surface area contributed by atoms with Crippen molar-refractivity contribution in [1.82, 2.24) is 19.9 Å². The fourth-order valence-electron chi connectivity index (χ4n) is 2.68. The minimum Gasteiger partial charge on any atom is -0.496 e. The van der Waals surface area contributed by atoms with Crippen LogP contribution in [0.25, 0.3) is 11.4 Å². The minimum atomic E-state index is -1.08. The van der Waals surface area contributed by atoms with Crippen molar-refractivity contribution in [3.63, 3.8) is 0 Å². The van der Waals surface area contributed by atoms with Gasteiger partial charge in [-0.2, -0.15) is 4.98 Å². The van der Waals surface area contributed by atoms with E-state index in [-0.39, 0.29) is 0 Å². The molecule has 3 N–H and O–H groups in total. The van der Waals surface area contributed by atoms with Crippen LogP contribution in [-0.2, 0) is 5.60 Å². The molecular formula is C20H26N6O2. The maximum atomic E-state index is 10.4. The predicted molar refractivity (Wildman–Crippen MR) is 110 cm³/mol. The number of H-pyrrole nitrogens is 1. The van der Waals surface area contributed by atoms with Gasteiger partial charge < -0.3 is 25.0 Å². The lowest BCUT2D eigenvalue weighted by atomic mass is 10.1. The fraction of sp³-hybridized carbons (Fsp3) is 0.350. The van der Waals surface area contributed by atoms with Crippen LogP contribution in [-0.4, -0.2) is 46.2 Å². The highest BCUT2D eigenvalue weighted by molar-refractivity contribution is 5.70. The number of nitrogens with zero attached hydrogens (tertiary/aromatic N) is 4. The van der Waals surface area contributed by atoms with Gasteiger partial charge in [0.15, 0.2) is 0 Å². The summed E-state index contributed by atoms with van der Waals surface area (Å²) in [5.74, 6) is 2.51. The highest BCUT2D eigenvalue weighted by Gasteiger charge is 2.21. The number of anilines is 3. The Balaban J connectivity index is 1.96. The summed E-state index contributed by atoms with van der Waals surface area (Å²) in [6.45, 7) is 5.32. The quantitative estimate of drug-likeness (QED) is 0.602. The summed E-state index contributed by atoms with van der Waals surface area (Å²) in [5.41, 5.74) is 1.99. The molecular weight excluding hydrogens is 356 g/mol. The van der Waals surface area contributed by atoms with Crippen LogP contribution in [0.5, 0.6) is 5.75 Å². The zero-order valence-electron chi connectivity index (χ0n) is 17.0. The van der Waals surface area contributed by atoms with E-state index in [0.717, 1.165) is 22.8 Å². The van der Waals surface area contributed by atoms with E-state index in [9.17, 15) is 5.11 Å². The fourth-order valence-corrected chi connectivity index (χ4v) is 2.68. The SMILES string of the molecule is COc1cc(Nc2nc(N(C)C)cc(C(C)(C)O)n2)ccc1-c1nc(C)c[nH]1. The van der Waals surface area contributed by atoms with E-state index < -0.39 is 5.60 Å². The largest absolute Gasteiger partial charge is 0.496 e. The molecule has 0 aliphatic rings. The molecule has 0 aliphatic carbocycles. The number of nitrogens with one attached hydrogen (secondary N) is 2. The first-order valence-corrected chi connectivity index (χ1v) is 8.94. The molecule has 0 bridgehead atoms. The van der Waals surface area contributed by atoms with Crippen LogP contribution in [0.2, 0.25) is 0 Å². The van der Waals surface area contributed by atoms with Gasteiger partial charge in [0.05, 0.1) is 24.1 Å². The maximum absolute atomic E-state index is 10.4. The number of methoxy groups -OCH3 is 1. The number of imidazole rings is 1. The van der Waals surface area contributed by atoms with E-state index in [1.54, 1.807) is 27.0 Å². The molecule has 0 saturated heterocycles. The lowest BCUT2D eigenvalue weighted by Gasteiger charge is -2.21. The van der Waals surface area contributed by atoms with E-state index in [4.69, 9.17) is 4.74 Å². The summed E-state index contributed by atoms with van der Waals surface area (Å²) in [6.07, 6.45) is 1.85. The van der Waals surface area contributed by atoms with Crippen LogP contribution < -0.4 is 15.0 Å². The van der Waals surface area contributed by atoms with Crippen LogP contribution in [0, 0.1) is 6.92 Å². The lowest BCUT2D eigenvalue weighted by Crippen LogP contribution is -2.21. The monoisotopic (exact) mass is 382 g/mol. The molecule has 2 heterocycles. The summed E-state index contributed by atoms with van der Waals surface area (Å²) in [6, 6.07) is 7.47. The summed E-state index contributed by atoms with van der Waals surface area (Å²) < 4.78 is 5.54. The Hall–Kier alpha value is -3.13. The molecule has 0 spiro atoms. The number of aliphatic hydroxyl groups is 1. The molecule has 8 heteroatoms. The molecule has 8 nitrogen and oxygen atoms in total. The number of hydrogen-bond donors (Lipinski definition) is 3. The molecule has 148 valence electrons. The zero-order chi connectivity index (χ0) is 20.5. The topological polar surface area (TPSA) is 99.2 Å². The van der Waals surface area contributed by atoms with Crippen molar-refractivity contribution in [3.05, 3.63) is 41.9 Å². The third-order valence-corrected chi connectivity index (χ3v) is 4.22. The average molecular weight is 382 g/mol. The molecule has 3 aromatic rings. The molecule has 0 saturated carbocycles. The highest BCUT2D eigenvalue weighted by atomic mass is 16.5. The third-order valence-electron chi connectivity index (χ3n) is 4.22. The first-order chi connectivity index (χ1) is 13.2. The number of aryl methyl sites for hydroxylation is 1. The second kappa shape index (κ2) is 7.47. The van der Waals surface area contributed by atoms with Crippen LogP contribution in [0.4, 0.5) is 17.5 Å². The van der Waals surface area contributed by atoms with Gasteiger partial charge in [0.2, 0.25) is 5.95 Å². The van der Waals surface area contributed by atoms with Crippen LogP contribution in [0.15, 0.2) is 30.5 Å². The van der Waals surface area contributed by atoms with Crippen molar-refractivity contribution >= 4 is 17.5 Å². The molecule has 0 radical (unpaired) electrons. The molecule has 0 atom stereocenters.